The van der Waals surface area contributed by atoms with Gasteiger partial charge in [0.05, 0.1) is 5.69 Å². The average molecular weight is 231 g/mol. The second-order valence-corrected chi connectivity index (χ2v) is 4.68. The van der Waals surface area contributed by atoms with Crippen LogP contribution < -0.4 is 15.8 Å². The molecule has 2 aliphatic rings. The third-order valence-electron chi connectivity index (χ3n) is 3.47. The molecule has 0 aromatic heterocycles. The fraction of sp³-hybridized carbons (Fsp3) is 0.462. The summed E-state index contributed by atoms with van der Waals surface area (Å²) < 4.78 is 0. The number of hydrogen-bond acceptors (Lipinski definition) is 3. The highest BCUT2D eigenvalue weighted by atomic mass is 16.2. The van der Waals surface area contributed by atoms with Gasteiger partial charge in [0.2, 0.25) is 5.91 Å². The van der Waals surface area contributed by atoms with Gasteiger partial charge in [-0.3, -0.25) is 15.2 Å². The monoisotopic (exact) mass is 231 g/mol. The first-order valence-corrected chi connectivity index (χ1v) is 6.23. The quantitative estimate of drug-likeness (QED) is 0.807. The minimum atomic E-state index is 0.106. The van der Waals surface area contributed by atoms with Gasteiger partial charge in [0.1, 0.15) is 0 Å². The van der Waals surface area contributed by atoms with Crippen molar-refractivity contribution in [2.45, 2.75) is 25.3 Å². The summed E-state index contributed by atoms with van der Waals surface area (Å²) in [6.07, 6.45) is 3.04. The molecule has 1 atom stereocenters. The Labute approximate surface area is 101 Å². The van der Waals surface area contributed by atoms with Crippen molar-refractivity contribution in [1.29, 1.82) is 0 Å². The number of amides is 1. The summed E-state index contributed by atoms with van der Waals surface area (Å²) in [5.41, 5.74) is 5.27. The number of nitrogens with zero attached hydrogens (tertiary/aromatic N) is 1. The SMILES string of the molecule is O=C1CCN(c2cccc(C3CCCN3)c2)N1. The van der Waals surface area contributed by atoms with Gasteiger partial charge in [-0.2, -0.15) is 0 Å². The van der Waals surface area contributed by atoms with Crippen molar-refractivity contribution < 1.29 is 4.79 Å². The first-order chi connectivity index (χ1) is 8.33. The van der Waals surface area contributed by atoms with E-state index in [1.54, 1.807) is 0 Å². The molecule has 0 saturated carbocycles. The highest BCUT2D eigenvalue weighted by Crippen LogP contribution is 2.26. The van der Waals surface area contributed by atoms with Crippen LogP contribution in [0.5, 0.6) is 0 Å². The van der Waals surface area contributed by atoms with E-state index < -0.39 is 0 Å². The van der Waals surface area contributed by atoms with Crippen molar-refractivity contribution in [1.82, 2.24) is 10.7 Å². The molecule has 0 aliphatic carbocycles. The van der Waals surface area contributed by atoms with Crippen LogP contribution in [0.2, 0.25) is 0 Å². The molecule has 2 aliphatic heterocycles. The van der Waals surface area contributed by atoms with Gasteiger partial charge < -0.3 is 5.32 Å². The van der Waals surface area contributed by atoms with Crippen LogP contribution in [0.25, 0.3) is 0 Å². The van der Waals surface area contributed by atoms with E-state index in [0.29, 0.717) is 12.5 Å². The fourth-order valence-electron chi connectivity index (χ4n) is 2.55. The molecule has 0 radical (unpaired) electrons. The second kappa shape index (κ2) is 4.37. The van der Waals surface area contributed by atoms with E-state index in [2.05, 4.69) is 28.9 Å². The zero-order chi connectivity index (χ0) is 11.7. The van der Waals surface area contributed by atoms with Crippen molar-refractivity contribution in [3.8, 4) is 0 Å². The smallest absolute Gasteiger partial charge is 0.240 e. The van der Waals surface area contributed by atoms with Gasteiger partial charge in [0, 0.05) is 19.0 Å². The molecule has 4 nitrogen and oxygen atoms in total. The Morgan fingerprint density at radius 2 is 2.29 bits per heavy atom. The van der Waals surface area contributed by atoms with E-state index >= 15 is 0 Å². The maximum Gasteiger partial charge on any atom is 0.240 e. The first-order valence-electron chi connectivity index (χ1n) is 6.23. The van der Waals surface area contributed by atoms with Crippen LogP contribution in [-0.2, 0) is 4.79 Å². The highest BCUT2D eigenvalue weighted by molar-refractivity contribution is 5.81. The minimum absolute atomic E-state index is 0.106. The summed E-state index contributed by atoms with van der Waals surface area (Å²) in [4.78, 5) is 11.2. The number of carbonyl (C=O) groups is 1. The summed E-state index contributed by atoms with van der Waals surface area (Å²) in [7, 11) is 0. The third kappa shape index (κ3) is 2.13. The van der Waals surface area contributed by atoms with Gasteiger partial charge in [0.25, 0.3) is 0 Å². The molecule has 1 aromatic carbocycles. The van der Waals surface area contributed by atoms with E-state index in [-0.39, 0.29) is 5.91 Å². The first kappa shape index (κ1) is 10.6. The topological polar surface area (TPSA) is 44.4 Å². The van der Waals surface area contributed by atoms with Gasteiger partial charge in [-0.25, -0.2) is 0 Å². The molecule has 17 heavy (non-hydrogen) atoms. The van der Waals surface area contributed by atoms with Crippen LogP contribution in [0.1, 0.15) is 30.9 Å². The van der Waals surface area contributed by atoms with Gasteiger partial charge in [-0.1, -0.05) is 12.1 Å². The summed E-state index contributed by atoms with van der Waals surface area (Å²) in [6, 6.07) is 8.92. The number of benzene rings is 1. The summed E-state index contributed by atoms with van der Waals surface area (Å²) in [6.45, 7) is 1.87. The molecule has 2 N–H and O–H groups in total. The second-order valence-electron chi connectivity index (χ2n) is 4.68. The third-order valence-corrected chi connectivity index (χ3v) is 3.47. The Morgan fingerprint density at radius 3 is 3.00 bits per heavy atom. The predicted octanol–water partition coefficient (Wildman–Crippen LogP) is 1.35. The lowest BCUT2D eigenvalue weighted by atomic mass is 10.0. The van der Waals surface area contributed by atoms with Crippen molar-refractivity contribution in [2.24, 2.45) is 0 Å². The van der Waals surface area contributed by atoms with Crippen molar-refractivity contribution in [2.75, 3.05) is 18.1 Å². The van der Waals surface area contributed by atoms with E-state index in [4.69, 9.17) is 0 Å². The standard InChI is InChI=1S/C13H17N3O/c17-13-6-8-16(15-13)11-4-1-3-10(9-11)12-5-2-7-14-12/h1,3-4,9,12,14H,2,5-8H2,(H,15,17). The lowest BCUT2D eigenvalue weighted by Gasteiger charge is -2.19. The highest BCUT2D eigenvalue weighted by Gasteiger charge is 2.20. The molecule has 1 unspecified atom stereocenters. The van der Waals surface area contributed by atoms with Gasteiger partial charge in [0.15, 0.2) is 0 Å². The zero-order valence-corrected chi connectivity index (χ0v) is 9.78. The van der Waals surface area contributed by atoms with Crippen LogP contribution >= 0.6 is 0 Å². The van der Waals surface area contributed by atoms with E-state index in [1.165, 1.54) is 18.4 Å². The summed E-state index contributed by atoms with van der Waals surface area (Å²) in [5, 5.41) is 5.42. The van der Waals surface area contributed by atoms with Gasteiger partial charge >= 0.3 is 0 Å². The van der Waals surface area contributed by atoms with Crippen LogP contribution in [0.15, 0.2) is 24.3 Å². The van der Waals surface area contributed by atoms with Gasteiger partial charge in [-0.05, 0) is 37.1 Å². The maximum absolute atomic E-state index is 11.2. The Hall–Kier alpha value is -1.55. The number of carbonyl (C=O) groups excluding carboxylic acids is 1. The van der Waals surface area contributed by atoms with Gasteiger partial charge in [-0.15, -0.1) is 0 Å². The largest absolute Gasteiger partial charge is 0.310 e. The fourth-order valence-corrected chi connectivity index (χ4v) is 2.55. The molecule has 1 aromatic rings. The number of nitrogens with one attached hydrogen (secondary N) is 2. The van der Waals surface area contributed by atoms with E-state index in [1.807, 2.05) is 11.1 Å². The zero-order valence-electron chi connectivity index (χ0n) is 9.78. The number of hydrazine groups is 1. The Morgan fingerprint density at radius 1 is 1.35 bits per heavy atom. The number of hydrogen-bond donors (Lipinski definition) is 2. The van der Waals surface area contributed by atoms with Crippen molar-refractivity contribution in [3.05, 3.63) is 29.8 Å². The maximum atomic E-state index is 11.2. The molecule has 1 amide bonds. The average Bonchev–Trinajstić information content (AvgIpc) is 3.00. The molecular weight excluding hydrogens is 214 g/mol. The van der Waals surface area contributed by atoms with Crippen LogP contribution in [0.4, 0.5) is 5.69 Å². The van der Waals surface area contributed by atoms with Crippen LogP contribution in [0.3, 0.4) is 0 Å². The predicted molar refractivity (Wildman–Crippen MR) is 66.5 cm³/mol. The summed E-state index contributed by atoms with van der Waals surface area (Å²) in [5.74, 6) is 0.106. The molecule has 90 valence electrons. The molecule has 0 bridgehead atoms. The molecule has 2 saturated heterocycles. The van der Waals surface area contributed by atoms with Crippen LogP contribution in [0, 0.1) is 0 Å². The molecule has 2 heterocycles. The molecule has 4 heteroatoms. The van der Waals surface area contributed by atoms with Crippen molar-refractivity contribution in [3.63, 3.8) is 0 Å². The number of anilines is 1. The Kier molecular flexibility index (Phi) is 2.73. The Balaban J connectivity index is 1.81. The molecular formula is C13H17N3O. The summed E-state index contributed by atoms with van der Waals surface area (Å²) >= 11 is 0. The molecule has 0 spiro atoms. The molecule has 2 fully saturated rings. The van der Waals surface area contributed by atoms with E-state index in [0.717, 1.165) is 18.8 Å². The van der Waals surface area contributed by atoms with E-state index in [9.17, 15) is 4.79 Å². The Bertz CT molecular complexity index is 426. The van der Waals surface area contributed by atoms with Crippen molar-refractivity contribution >= 4 is 11.6 Å². The molecule has 3 rings (SSSR count). The normalized spacial score (nSPS) is 24.1. The van der Waals surface area contributed by atoms with Crippen LogP contribution in [-0.4, -0.2) is 19.0 Å². The minimum Gasteiger partial charge on any atom is -0.310 e. The lowest BCUT2D eigenvalue weighted by molar-refractivity contribution is -0.119. The number of rotatable bonds is 2. The lowest BCUT2D eigenvalue weighted by Crippen LogP contribution is -2.33.